The van der Waals surface area contributed by atoms with Crippen LogP contribution in [0.5, 0.6) is 0 Å². The van der Waals surface area contributed by atoms with Crippen LogP contribution in [-0.2, 0) is 0 Å². The molecule has 1 heteroatoms. The third-order valence-electron chi connectivity index (χ3n) is 3.10. The molecule has 66 valence electrons. The van der Waals surface area contributed by atoms with E-state index in [4.69, 9.17) is 5.73 Å². The molecular formula is C10H21N. The Bertz CT molecular complexity index is 109. The second-order valence-electron chi connectivity index (χ2n) is 4.27. The highest BCUT2D eigenvalue weighted by Gasteiger charge is 2.22. The van der Waals surface area contributed by atoms with Gasteiger partial charge in [0.1, 0.15) is 0 Å². The van der Waals surface area contributed by atoms with E-state index < -0.39 is 0 Å². The molecular weight excluding hydrogens is 134 g/mol. The predicted octanol–water partition coefficient (Wildman–Crippen LogP) is 2.41. The minimum atomic E-state index is 0.830. The van der Waals surface area contributed by atoms with Crippen LogP contribution in [0.1, 0.15) is 39.5 Å². The summed E-state index contributed by atoms with van der Waals surface area (Å²) in [6, 6.07) is 0. The lowest BCUT2D eigenvalue weighted by molar-refractivity contribution is 0.219. The number of nitrogens with two attached hydrogens (primary N) is 1. The first-order valence-electron chi connectivity index (χ1n) is 4.94. The first-order valence-corrected chi connectivity index (χ1v) is 4.94. The van der Waals surface area contributed by atoms with E-state index >= 15 is 0 Å². The molecule has 1 nitrogen and oxygen atoms in total. The van der Waals surface area contributed by atoms with Crippen molar-refractivity contribution >= 4 is 0 Å². The van der Waals surface area contributed by atoms with Crippen LogP contribution >= 0.6 is 0 Å². The van der Waals surface area contributed by atoms with Crippen molar-refractivity contribution in [2.75, 3.05) is 6.54 Å². The Morgan fingerprint density at radius 2 is 2.09 bits per heavy atom. The van der Waals surface area contributed by atoms with Gasteiger partial charge in [0.2, 0.25) is 0 Å². The molecule has 0 amide bonds. The Hall–Kier alpha value is -0.0400. The summed E-state index contributed by atoms with van der Waals surface area (Å²) in [6.45, 7) is 5.58. The van der Waals surface area contributed by atoms with Crippen LogP contribution in [0.15, 0.2) is 0 Å². The molecule has 0 aromatic heterocycles. The molecule has 0 saturated heterocycles. The molecule has 0 unspecified atom stereocenters. The van der Waals surface area contributed by atoms with Gasteiger partial charge in [0, 0.05) is 0 Å². The Kier molecular flexibility index (Phi) is 3.38. The van der Waals surface area contributed by atoms with Crippen LogP contribution in [0.4, 0.5) is 0 Å². The first-order chi connectivity index (χ1) is 5.24. The maximum absolute atomic E-state index is 5.67. The van der Waals surface area contributed by atoms with Gasteiger partial charge in [-0.25, -0.2) is 0 Å². The number of rotatable bonds is 2. The van der Waals surface area contributed by atoms with Crippen molar-refractivity contribution in [3.05, 3.63) is 0 Å². The van der Waals surface area contributed by atoms with E-state index in [1.165, 1.54) is 25.7 Å². The Labute approximate surface area is 70.4 Å². The summed E-state index contributed by atoms with van der Waals surface area (Å²) in [6.07, 6.45) is 5.60. The predicted molar refractivity (Wildman–Crippen MR) is 49.3 cm³/mol. The minimum absolute atomic E-state index is 0.830. The molecule has 1 rings (SSSR count). The van der Waals surface area contributed by atoms with Crippen molar-refractivity contribution in [3.63, 3.8) is 0 Å². The summed E-state index contributed by atoms with van der Waals surface area (Å²) in [4.78, 5) is 0. The molecule has 0 aromatic rings. The van der Waals surface area contributed by atoms with Gasteiger partial charge < -0.3 is 5.73 Å². The van der Waals surface area contributed by atoms with E-state index in [1.54, 1.807) is 0 Å². The first kappa shape index (κ1) is 9.05. The van der Waals surface area contributed by atoms with Gasteiger partial charge in [-0.1, -0.05) is 26.7 Å². The Morgan fingerprint density at radius 3 is 2.64 bits per heavy atom. The summed E-state index contributed by atoms with van der Waals surface area (Å²) < 4.78 is 0. The van der Waals surface area contributed by atoms with Crippen LogP contribution < -0.4 is 5.73 Å². The van der Waals surface area contributed by atoms with Crippen molar-refractivity contribution in [1.29, 1.82) is 0 Å². The fourth-order valence-corrected chi connectivity index (χ4v) is 2.15. The highest BCUT2D eigenvalue weighted by atomic mass is 14.6. The summed E-state index contributed by atoms with van der Waals surface area (Å²) in [5.41, 5.74) is 5.67. The summed E-state index contributed by atoms with van der Waals surface area (Å²) in [5.74, 6) is 2.65. The molecule has 1 aliphatic rings. The molecule has 0 aliphatic heterocycles. The van der Waals surface area contributed by atoms with Crippen LogP contribution in [0.3, 0.4) is 0 Å². The zero-order valence-electron chi connectivity index (χ0n) is 7.84. The van der Waals surface area contributed by atoms with Gasteiger partial charge in [-0.2, -0.15) is 0 Å². The summed E-state index contributed by atoms with van der Waals surface area (Å²) in [7, 11) is 0. The molecule has 1 aliphatic carbocycles. The number of hydrogen-bond acceptors (Lipinski definition) is 1. The van der Waals surface area contributed by atoms with E-state index in [0.717, 1.165) is 24.3 Å². The largest absolute Gasteiger partial charge is 0.330 e. The van der Waals surface area contributed by atoms with Crippen LogP contribution in [0, 0.1) is 17.8 Å². The average Bonchev–Trinajstić information content (AvgIpc) is 2.05. The van der Waals surface area contributed by atoms with Crippen molar-refractivity contribution in [2.45, 2.75) is 39.5 Å². The zero-order valence-corrected chi connectivity index (χ0v) is 7.84. The van der Waals surface area contributed by atoms with E-state index in [9.17, 15) is 0 Å². The monoisotopic (exact) mass is 155 g/mol. The van der Waals surface area contributed by atoms with Crippen molar-refractivity contribution < 1.29 is 0 Å². The topological polar surface area (TPSA) is 26.0 Å². The SMILES string of the molecule is CC(C)[C@@H]1CCC[C@@H](CN)C1. The van der Waals surface area contributed by atoms with E-state index in [2.05, 4.69) is 13.8 Å². The molecule has 2 atom stereocenters. The molecule has 2 N–H and O–H groups in total. The second-order valence-corrected chi connectivity index (χ2v) is 4.27. The lowest BCUT2D eigenvalue weighted by Crippen LogP contribution is -2.24. The molecule has 0 spiro atoms. The van der Waals surface area contributed by atoms with Crippen molar-refractivity contribution in [3.8, 4) is 0 Å². The molecule has 0 bridgehead atoms. The van der Waals surface area contributed by atoms with Gasteiger partial charge in [0.25, 0.3) is 0 Å². The molecule has 0 aromatic carbocycles. The average molecular weight is 155 g/mol. The molecule has 0 radical (unpaired) electrons. The Balaban J connectivity index is 2.33. The second kappa shape index (κ2) is 4.10. The maximum atomic E-state index is 5.67. The van der Waals surface area contributed by atoms with Crippen molar-refractivity contribution in [2.24, 2.45) is 23.5 Å². The van der Waals surface area contributed by atoms with Crippen molar-refractivity contribution in [1.82, 2.24) is 0 Å². The molecule has 11 heavy (non-hydrogen) atoms. The van der Waals surface area contributed by atoms with E-state index in [1.807, 2.05) is 0 Å². The van der Waals surface area contributed by atoms with Gasteiger partial charge in [-0.3, -0.25) is 0 Å². The van der Waals surface area contributed by atoms with E-state index in [-0.39, 0.29) is 0 Å². The van der Waals surface area contributed by atoms with Gasteiger partial charge in [0.15, 0.2) is 0 Å². The number of hydrogen-bond donors (Lipinski definition) is 1. The van der Waals surface area contributed by atoms with E-state index in [0.29, 0.717) is 0 Å². The molecule has 1 saturated carbocycles. The molecule has 0 heterocycles. The fraction of sp³-hybridized carbons (Fsp3) is 1.00. The normalized spacial score (nSPS) is 32.7. The standard InChI is InChI=1S/C10H21N/c1-8(2)10-5-3-4-9(6-10)7-11/h8-10H,3-7,11H2,1-2H3/t9-,10-/m1/s1. The van der Waals surface area contributed by atoms with Crippen LogP contribution in [0.25, 0.3) is 0 Å². The highest BCUT2D eigenvalue weighted by Crippen LogP contribution is 2.32. The maximum Gasteiger partial charge on any atom is -0.00488 e. The summed E-state index contributed by atoms with van der Waals surface area (Å²) in [5, 5.41) is 0. The Morgan fingerprint density at radius 1 is 1.36 bits per heavy atom. The zero-order chi connectivity index (χ0) is 8.27. The minimum Gasteiger partial charge on any atom is -0.330 e. The molecule has 1 fully saturated rings. The smallest absolute Gasteiger partial charge is 0.00488 e. The summed E-state index contributed by atoms with van der Waals surface area (Å²) >= 11 is 0. The van der Waals surface area contributed by atoms with Crippen LogP contribution in [-0.4, -0.2) is 6.54 Å². The van der Waals surface area contributed by atoms with Gasteiger partial charge in [-0.15, -0.1) is 0 Å². The third-order valence-corrected chi connectivity index (χ3v) is 3.10. The lowest BCUT2D eigenvalue weighted by Gasteiger charge is -2.30. The van der Waals surface area contributed by atoms with Gasteiger partial charge in [0.05, 0.1) is 0 Å². The highest BCUT2D eigenvalue weighted by molar-refractivity contribution is 4.75. The van der Waals surface area contributed by atoms with Gasteiger partial charge >= 0.3 is 0 Å². The quantitative estimate of drug-likeness (QED) is 0.651. The lowest BCUT2D eigenvalue weighted by atomic mass is 9.76. The van der Waals surface area contributed by atoms with Gasteiger partial charge in [-0.05, 0) is 37.1 Å². The fourth-order valence-electron chi connectivity index (χ4n) is 2.15. The van der Waals surface area contributed by atoms with Crippen LogP contribution in [0.2, 0.25) is 0 Å². The third kappa shape index (κ3) is 2.48.